The molecule has 1 aliphatic carbocycles. The normalized spacial score (nSPS) is 12.7. The van der Waals surface area contributed by atoms with Crippen LogP contribution in [-0.2, 0) is 12.8 Å². The molecule has 1 aliphatic rings. The number of non-ortho nitro benzene ring substituents is 1. The molecule has 0 amide bonds. The summed E-state index contributed by atoms with van der Waals surface area (Å²) in [4.78, 5) is 14.6. The Bertz CT molecular complexity index is 775. The van der Waals surface area contributed by atoms with Crippen LogP contribution in [0.4, 0.5) is 11.5 Å². The fraction of sp³-hybridized carbons (Fsp3) is 0.200. The van der Waals surface area contributed by atoms with Crippen molar-refractivity contribution in [1.82, 2.24) is 4.98 Å². The van der Waals surface area contributed by atoms with Gasteiger partial charge in [-0.15, -0.1) is 0 Å². The standard InChI is InChI=1S/C15H12N4O2/c16-8-12-14(9-4-6-10(7-5-9)19(20)21)11-2-1-3-13(11)18-15(12)17/h4-7H,1-3H2,(H2,17,18). The van der Waals surface area contributed by atoms with E-state index >= 15 is 0 Å². The third-order valence-electron chi connectivity index (χ3n) is 3.73. The van der Waals surface area contributed by atoms with Crippen LogP contribution in [-0.4, -0.2) is 9.91 Å². The lowest BCUT2D eigenvalue weighted by molar-refractivity contribution is -0.384. The Morgan fingerprint density at radius 1 is 1.29 bits per heavy atom. The molecule has 1 heterocycles. The molecule has 6 nitrogen and oxygen atoms in total. The number of aromatic nitrogens is 1. The van der Waals surface area contributed by atoms with Crippen molar-refractivity contribution >= 4 is 11.5 Å². The third kappa shape index (κ3) is 2.09. The van der Waals surface area contributed by atoms with E-state index in [2.05, 4.69) is 11.1 Å². The largest absolute Gasteiger partial charge is 0.383 e. The van der Waals surface area contributed by atoms with Crippen molar-refractivity contribution in [1.29, 1.82) is 5.26 Å². The van der Waals surface area contributed by atoms with E-state index in [0.717, 1.165) is 41.6 Å². The Hall–Kier alpha value is -2.94. The number of aryl methyl sites for hydroxylation is 1. The van der Waals surface area contributed by atoms with Crippen LogP contribution in [0.3, 0.4) is 0 Å². The van der Waals surface area contributed by atoms with E-state index in [-0.39, 0.29) is 11.5 Å². The van der Waals surface area contributed by atoms with E-state index in [1.165, 1.54) is 12.1 Å². The van der Waals surface area contributed by atoms with Gasteiger partial charge in [-0.2, -0.15) is 5.26 Å². The first kappa shape index (κ1) is 13.1. The summed E-state index contributed by atoms with van der Waals surface area (Å²) in [6.45, 7) is 0. The summed E-state index contributed by atoms with van der Waals surface area (Å²) in [7, 11) is 0. The molecule has 0 aliphatic heterocycles. The number of hydrogen-bond acceptors (Lipinski definition) is 5. The molecule has 0 saturated carbocycles. The van der Waals surface area contributed by atoms with E-state index in [1.54, 1.807) is 12.1 Å². The average Bonchev–Trinajstić information content (AvgIpc) is 2.93. The number of fused-ring (bicyclic) bond motifs is 1. The van der Waals surface area contributed by atoms with Gasteiger partial charge in [-0.1, -0.05) is 0 Å². The van der Waals surface area contributed by atoms with Crippen LogP contribution in [0.2, 0.25) is 0 Å². The van der Waals surface area contributed by atoms with Crippen molar-refractivity contribution in [2.75, 3.05) is 5.73 Å². The van der Waals surface area contributed by atoms with Gasteiger partial charge in [0.25, 0.3) is 5.69 Å². The van der Waals surface area contributed by atoms with Gasteiger partial charge in [0.05, 0.1) is 4.92 Å². The van der Waals surface area contributed by atoms with E-state index in [1.807, 2.05) is 0 Å². The molecule has 2 N–H and O–H groups in total. The number of nitrogens with two attached hydrogens (primary N) is 1. The lowest BCUT2D eigenvalue weighted by Crippen LogP contribution is -2.03. The number of pyridine rings is 1. The lowest BCUT2D eigenvalue weighted by Gasteiger charge is -2.12. The molecule has 0 unspecified atom stereocenters. The maximum Gasteiger partial charge on any atom is 0.269 e. The Labute approximate surface area is 121 Å². The lowest BCUT2D eigenvalue weighted by atomic mass is 9.94. The molecule has 6 heteroatoms. The highest BCUT2D eigenvalue weighted by Gasteiger charge is 2.23. The van der Waals surface area contributed by atoms with Crippen molar-refractivity contribution < 1.29 is 4.92 Å². The van der Waals surface area contributed by atoms with Gasteiger partial charge in [-0.25, -0.2) is 4.98 Å². The molecular formula is C15H12N4O2. The molecular weight excluding hydrogens is 268 g/mol. The highest BCUT2D eigenvalue weighted by molar-refractivity contribution is 5.80. The summed E-state index contributed by atoms with van der Waals surface area (Å²) < 4.78 is 0. The maximum atomic E-state index is 10.7. The molecule has 0 saturated heterocycles. The van der Waals surface area contributed by atoms with Gasteiger partial charge < -0.3 is 5.73 Å². The van der Waals surface area contributed by atoms with Crippen LogP contribution in [0.5, 0.6) is 0 Å². The van der Waals surface area contributed by atoms with Crippen molar-refractivity contribution in [3.63, 3.8) is 0 Å². The molecule has 2 aromatic rings. The van der Waals surface area contributed by atoms with Gasteiger partial charge in [0, 0.05) is 23.4 Å². The predicted octanol–water partition coefficient (Wildman–Crippen LogP) is 2.60. The van der Waals surface area contributed by atoms with Crippen LogP contribution in [0.1, 0.15) is 23.2 Å². The van der Waals surface area contributed by atoms with Crippen LogP contribution in [0.25, 0.3) is 11.1 Å². The molecule has 0 bridgehead atoms. The summed E-state index contributed by atoms with van der Waals surface area (Å²) in [5.41, 5.74) is 9.76. The number of benzene rings is 1. The number of nitro benzene ring substituents is 1. The summed E-state index contributed by atoms with van der Waals surface area (Å²) in [6.07, 6.45) is 2.69. The predicted molar refractivity (Wildman–Crippen MR) is 77.5 cm³/mol. The number of anilines is 1. The zero-order chi connectivity index (χ0) is 15.0. The minimum Gasteiger partial charge on any atom is -0.383 e. The molecule has 3 rings (SSSR count). The second kappa shape index (κ2) is 4.87. The van der Waals surface area contributed by atoms with E-state index in [4.69, 9.17) is 5.73 Å². The van der Waals surface area contributed by atoms with E-state index < -0.39 is 4.92 Å². The Morgan fingerprint density at radius 2 is 2.00 bits per heavy atom. The van der Waals surface area contributed by atoms with Crippen molar-refractivity contribution in [2.45, 2.75) is 19.3 Å². The number of nitro groups is 1. The molecule has 1 aromatic heterocycles. The number of rotatable bonds is 2. The highest BCUT2D eigenvalue weighted by Crippen LogP contribution is 2.36. The van der Waals surface area contributed by atoms with Gasteiger partial charge in [0.2, 0.25) is 0 Å². The Balaban J connectivity index is 2.22. The van der Waals surface area contributed by atoms with Crippen molar-refractivity contribution in [3.8, 4) is 17.2 Å². The first-order valence-electron chi connectivity index (χ1n) is 6.58. The molecule has 104 valence electrons. The van der Waals surface area contributed by atoms with Gasteiger partial charge in [0.15, 0.2) is 0 Å². The van der Waals surface area contributed by atoms with E-state index in [9.17, 15) is 15.4 Å². The van der Waals surface area contributed by atoms with Gasteiger partial charge in [0.1, 0.15) is 17.5 Å². The molecule has 0 atom stereocenters. The zero-order valence-corrected chi connectivity index (χ0v) is 11.2. The van der Waals surface area contributed by atoms with Crippen LogP contribution in [0, 0.1) is 21.4 Å². The molecule has 0 fully saturated rings. The number of nitrogen functional groups attached to an aromatic ring is 1. The zero-order valence-electron chi connectivity index (χ0n) is 11.2. The maximum absolute atomic E-state index is 10.7. The minimum atomic E-state index is -0.444. The number of nitriles is 1. The summed E-state index contributed by atoms with van der Waals surface area (Å²) in [5, 5.41) is 20.1. The van der Waals surface area contributed by atoms with Crippen LogP contribution < -0.4 is 5.73 Å². The minimum absolute atomic E-state index is 0.0240. The third-order valence-corrected chi connectivity index (χ3v) is 3.73. The molecule has 0 radical (unpaired) electrons. The summed E-state index contributed by atoms with van der Waals surface area (Å²) >= 11 is 0. The summed E-state index contributed by atoms with van der Waals surface area (Å²) in [5.74, 6) is 0.228. The number of nitrogens with zero attached hydrogens (tertiary/aromatic N) is 3. The molecule has 21 heavy (non-hydrogen) atoms. The average molecular weight is 280 g/mol. The van der Waals surface area contributed by atoms with Crippen LogP contribution >= 0.6 is 0 Å². The Morgan fingerprint density at radius 3 is 2.62 bits per heavy atom. The SMILES string of the molecule is N#Cc1c(N)nc2c(c1-c1ccc([N+](=O)[O-])cc1)CCC2. The summed E-state index contributed by atoms with van der Waals surface area (Å²) in [6, 6.07) is 8.30. The molecule has 1 aromatic carbocycles. The second-order valence-corrected chi connectivity index (χ2v) is 4.94. The fourth-order valence-corrected chi connectivity index (χ4v) is 2.78. The first-order chi connectivity index (χ1) is 10.1. The topological polar surface area (TPSA) is 106 Å². The molecule has 0 spiro atoms. The van der Waals surface area contributed by atoms with E-state index in [0.29, 0.717) is 5.56 Å². The quantitative estimate of drug-likeness (QED) is 0.672. The van der Waals surface area contributed by atoms with Crippen LogP contribution in [0.15, 0.2) is 24.3 Å². The number of hydrogen-bond donors (Lipinski definition) is 1. The Kier molecular flexibility index (Phi) is 3.03. The van der Waals surface area contributed by atoms with Gasteiger partial charge in [-0.05, 0) is 42.5 Å². The van der Waals surface area contributed by atoms with Gasteiger partial charge >= 0.3 is 0 Å². The highest BCUT2D eigenvalue weighted by atomic mass is 16.6. The smallest absolute Gasteiger partial charge is 0.269 e. The second-order valence-electron chi connectivity index (χ2n) is 4.94. The van der Waals surface area contributed by atoms with Crippen molar-refractivity contribution in [2.24, 2.45) is 0 Å². The fourth-order valence-electron chi connectivity index (χ4n) is 2.78. The monoisotopic (exact) mass is 280 g/mol. The first-order valence-corrected chi connectivity index (χ1v) is 6.58. The van der Waals surface area contributed by atoms with Crippen molar-refractivity contribution in [3.05, 3.63) is 51.2 Å². The van der Waals surface area contributed by atoms with Gasteiger partial charge in [-0.3, -0.25) is 10.1 Å².